The Kier molecular flexibility index (Phi) is 3.19. The first-order valence-electron chi connectivity index (χ1n) is 9.32. The topological polar surface area (TPSA) is 77.6 Å². The fourth-order valence-electron chi connectivity index (χ4n) is 4.02. The molecule has 2 aliphatic carbocycles. The summed E-state index contributed by atoms with van der Waals surface area (Å²) < 4.78 is 4.96. The van der Waals surface area contributed by atoms with Gasteiger partial charge in [-0.25, -0.2) is 19.7 Å². The molecule has 0 amide bonds. The summed E-state index contributed by atoms with van der Waals surface area (Å²) in [6.45, 7) is 0. The minimum absolute atomic E-state index is 0.0661. The lowest BCUT2D eigenvalue weighted by Gasteiger charge is -2.36. The zero-order valence-corrected chi connectivity index (χ0v) is 15.4. The minimum Gasteiger partial charge on any atom is -0.359 e. The van der Waals surface area contributed by atoms with E-state index in [-0.39, 0.29) is 11.7 Å². The molecule has 0 aliphatic heterocycles. The average Bonchev–Trinajstić information content (AvgIpc) is 3.32. The van der Waals surface area contributed by atoms with Crippen molar-refractivity contribution in [1.82, 2.24) is 24.1 Å². The molecule has 0 unspecified atom stereocenters. The maximum Gasteiger partial charge on any atom is 0.330 e. The molecule has 3 heterocycles. The van der Waals surface area contributed by atoms with Crippen LogP contribution in [0.1, 0.15) is 37.8 Å². The van der Waals surface area contributed by atoms with Crippen LogP contribution in [0.3, 0.4) is 0 Å². The van der Waals surface area contributed by atoms with Crippen LogP contribution in [-0.2, 0) is 0 Å². The Hall–Kier alpha value is -2.74. The van der Waals surface area contributed by atoms with E-state index in [9.17, 15) is 4.79 Å². The van der Waals surface area contributed by atoms with Gasteiger partial charge in [-0.15, -0.1) is 0 Å². The van der Waals surface area contributed by atoms with Crippen molar-refractivity contribution in [2.45, 2.75) is 43.8 Å². The van der Waals surface area contributed by atoms with Crippen LogP contribution >= 0.6 is 11.3 Å². The summed E-state index contributed by atoms with van der Waals surface area (Å²) in [7, 11) is 0. The molecule has 2 saturated carbocycles. The Balaban J connectivity index is 1.26. The van der Waals surface area contributed by atoms with Crippen LogP contribution in [0.4, 0.5) is 5.13 Å². The molecule has 3 aromatic heterocycles. The SMILES string of the molecule is O=c1n(C2CC2)c2cncnc2n1[C@H]1C[C@H](Nc2nc3ccccc3s2)C1. The second-order valence-corrected chi connectivity index (χ2v) is 8.47. The van der Waals surface area contributed by atoms with Gasteiger partial charge in [0.25, 0.3) is 0 Å². The highest BCUT2D eigenvalue weighted by molar-refractivity contribution is 7.22. The minimum atomic E-state index is 0.0661. The predicted octanol–water partition coefficient (Wildman–Crippen LogP) is 3.35. The first-order chi connectivity index (χ1) is 13.3. The molecule has 136 valence electrons. The van der Waals surface area contributed by atoms with Gasteiger partial charge in [0, 0.05) is 18.1 Å². The summed E-state index contributed by atoms with van der Waals surface area (Å²) >= 11 is 1.68. The number of thiazole rings is 1. The summed E-state index contributed by atoms with van der Waals surface area (Å²) in [6, 6.07) is 9.01. The zero-order valence-electron chi connectivity index (χ0n) is 14.6. The van der Waals surface area contributed by atoms with Gasteiger partial charge < -0.3 is 5.32 Å². The fourth-order valence-corrected chi connectivity index (χ4v) is 4.96. The molecule has 1 aromatic carbocycles. The Bertz CT molecular complexity index is 1180. The van der Waals surface area contributed by atoms with Crippen molar-refractivity contribution in [3.8, 4) is 0 Å². The number of aromatic nitrogens is 5. The molecule has 8 heteroatoms. The van der Waals surface area contributed by atoms with E-state index in [1.165, 1.54) is 11.0 Å². The molecule has 0 spiro atoms. The number of benzene rings is 1. The number of anilines is 1. The van der Waals surface area contributed by atoms with E-state index in [0.29, 0.717) is 12.1 Å². The van der Waals surface area contributed by atoms with Gasteiger partial charge in [-0.3, -0.25) is 9.13 Å². The second kappa shape index (κ2) is 5.63. The van der Waals surface area contributed by atoms with E-state index >= 15 is 0 Å². The predicted molar refractivity (Wildman–Crippen MR) is 105 cm³/mol. The number of hydrogen-bond donors (Lipinski definition) is 1. The van der Waals surface area contributed by atoms with E-state index in [1.54, 1.807) is 17.5 Å². The molecule has 2 aliphatic rings. The molecular weight excluding hydrogens is 360 g/mol. The number of fused-ring (bicyclic) bond motifs is 2. The van der Waals surface area contributed by atoms with Gasteiger partial charge in [0.05, 0.1) is 16.4 Å². The van der Waals surface area contributed by atoms with Gasteiger partial charge in [0.15, 0.2) is 10.8 Å². The molecule has 0 bridgehead atoms. The number of imidazole rings is 1. The molecule has 7 nitrogen and oxygen atoms in total. The third kappa shape index (κ3) is 2.39. The number of nitrogens with zero attached hydrogens (tertiary/aromatic N) is 5. The number of nitrogens with one attached hydrogen (secondary N) is 1. The van der Waals surface area contributed by atoms with Crippen LogP contribution in [-0.4, -0.2) is 30.1 Å². The van der Waals surface area contributed by atoms with E-state index in [1.807, 2.05) is 27.3 Å². The Morgan fingerprint density at radius 2 is 1.96 bits per heavy atom. The van der Waals surface area contributed by atoms with Gasteiger partial charge in [-0.05, 0) is 37.8 Å². The number of rotatable bonds is 4. The maximum absolute atomic E-state index is 13.0. The van der Waals surface area contributed by atoms with Crippen LogP contribution in [0.5, 0.6) is 0 Å². The van der Waals surface area contributed by atoms with Crippen LogP contribution < -0.4 is 11.0 Å². The van der Waals surface area contributed by atoms with Crippen molar-refractivity contribution in [3.63, 3.8) is 0 Å². The zero-order chi connectivity index (χ0) is 18.0. The van der Waals surface area contributed by atoms with Crippen LogP contribution in [0.2, 0.25) is 0 Å². The lowest BCUT2D eigenvalue weighted by Crippen LogP contribution is -2.41. The Morgan fingerprint density at radius 1 is 1.11 bits per heavy atom. The highest BCUT2D eigenvalue weighted by atomic mass is 32.1. The molecule has 27 heavy (non-hydrogen) atoms. The van der Waals surface area contributed by atoms with Gasteiger partial charge in [-0.2, -0.15) is 0 Å². The van der Waals surface area contributed by atoms with Gasteiger partial charge in [0.2, 0.25) is 0 Å². The molecule has 0 radical (unpaired) electrons. The highest BCUT2D eigenvalue weighted by Gasteiger charge is 2.36. The van der Waals surface area contributed by atoms with Crippen molar-refractivity contribution in [3.05, 3.63) is 47.3 Å². The first-order valence-corrected chi connectivity index (χ1v) is 10.1. The molecule has 1 N–H and O–H groups in total. The molecule has 4 aromatic rings. The van der Waals surface area contributed by atoms with Crippen molar-refractivity contribution in [2.24, 2.45) is 0 Å². The van der Waals surface area contributed by atoms with Crippen molar-refractivity contribution in [1.29, 1.82) is 0 Å². The van der Waals surface area contributed by atoms with E-state index in [2.05, 4.69) is 26.3 Å². The van der Waals surface area contributed by atoms with E-state index in [4.69, 9.17) is 0 Å². The van der Waals surface area contributed by atoms with Crippen LogP contribution in [0.25, 0.3) is 21.4 Å². The van der Waals surface area contributed by atoms with Crippen molar-refractivity contribution >= 4 is 37.8 Å². The summed E-state index contributed by atoms with van der Waals surface area (Å²) in [5.74, 6) is 0. The first kappa shape index (κ1) is 15.3. The summed E-state index contributed by atoms with van der Waals surface area (Å²) in [5.41, 5.74) is 2.73. The summed E-state index contributed by atoms with van der Waals surface area (Å²) in [5, 5.41) is 4.48. The largest absolute Gasteiger partial charge is 0.359 e. The summed E-state index contributed by atoms with van der Waals surface area (Å²) in [4.78, 5) is 26.2. The van der Waals surface area contributed by atoms with Gasteiger partial charge in [0.1, 0.15) is 11.8 Å². The molecule has 6 rings (SSSR count). The third-order valence-electron chi connectivity index (χ3n) is 5.58. The van der Waals surface area contributed by atoms with E-state index < -0.39 is 0 Å². The van der Waals surface area contributed by atoms with Crippen molar-refractivity contribution < 1.29 is 0 Å². The molecule has 0 atom stereocenters. The highest BCUT2D eigenvalue weighted by Crippen LogP contribution is 2.39. The molecule has 2 fully saturated rings. The molecule has 0 saturated heterocycles. The van der Waals surface area contributed by atoms with E-state index in [0.717, 1.165) is 47.5 Å². The maximum atomic E-state index is 13.0. The summed E-state index contributed by atoms with van der Waals surface area (Å²) in [6.07, 6.45) is 7.26. The Morgan fingerprint density at radius 3 is 2.78 bits per heavy atom. The lowest BCUT2D eigenvalue weighted by molar-refractivity contribution is 0.280. The fraction of sp³-hybridized carbons (Fsp3) is 0.368. The second-order valence-electron chi connectivity index (χ2n) is 7.44. The van der Waals surface area contributed by atoms with Crippen LogP contribution in [0, 0.1) is 0 Å². The average molecular weight is 378 g/mol. The molecular formula is C19H18N6OS. The van der Waals surface area contributed by atoms with Crippen LogP contribution in [0.15, 0.2) is 41.6 Å². The third-order valence-corrected chi connectivity index (χ3v) is 6.55. The number of hydrogen-bond acceptors (Lipinski definition) is 6. The monoisotopic (exact) mass is 378 g/mol. The normalized spacial score (nSPS) is 22.2. The Labute approximate surface area is 158 Å². The number of para-hydroxylation sites is 1. The van der Waals surface area contributed by atoms with Gasteiger partial charge in [-0.1, -0.05) is 23.5 Å². The quantitative estimate of drug-likeness (QED) is 0.589. The lowest BCUT2D eigenvalue weighted by atomic mass is 9.86. The smallest absolute Gasteiger partial charge is 0.330 e. The standard InChI is InChI=1S/C19H18N6OS/c26-19-24(12-5-6-12)15-9-20-10-21-17(15)25(19)13-7-11(8-13)22-18-23-14-3-1-2-4-16(14)27-18/h1-4,9-13H,5-8H2,(H,22,23)/t11-,13-. The van der Waals surface area contributed by atoms with Gasteiger partial charge >= 0.3 is 5.69 Å². The van der Waals surface area contributed by atoms with Crippen molar-refractivity contribution in [2.75, 3.05) is 5.32 Å².